The van der Waals surface area contributed by atoms with E-state index in [2.05, 4.69) is 135 Å². The van der Waals surface area contributed by atoms with E-state index in [0.29, 0.717) is 9.50 Å². The summed E-state index contributed by atoms with van der Waals surface area (Å²) in [7, 11) is 0. The van der Waals surface area contributed by atoms with Gasteiger partial charge in [0.2, 0.25) is 0 Å². The maximum absolute atomic E-state index is 2.63. The molecule has 4 aromatic carbocycles. The molecule has 0 amide bonds. The number of fused-ring (bicyclic) bond motifs is 2. The molecular weight excluding hydrogens is 481 g/mol. The zero-order chi connectivity index (χ0) is 24.2. The fourth-order valence-corrected chi connectivity index (χ4v) is 15.1. The zero-order valence-corrected chi connectivity index (χ0v) is 23.1. The molecule has 0 saturated heterocycles. The summed E-state index contributed by atoms with van der Waals surface area (Å²) in [5, 5.41) is 5.34. The Morgan fingerprint density at radius 1 is 0.514 bits per heavy atom. The van der Waals surface area contributed by atoms with Crippen molar-refractivity contribution in [3.05, 3.63) is 132 Å². The molecule has 172 valence electrons. The van der Waals surface area contributed by atoms with Crippen molar-refractivity contribution < 1.29 is 0 Å². The van der Waals surface area contributed by atoms with Gasteiger partial charge in [-0.15, -0.1) is 0 Å². The molecule has 0 heterocycles. The Morgan fingerprint density at radius 2 is 0.914 bits per heavy atom. The summed E-state index contributed by atoms with van der Waals surface area (Å²) < 4.78 is 1.17. The van der Waals surface area contributed by atoms with E-state index in [1.807, 2.05) is 0 Å². The van der Waals surface area contributed by atoms with Gasteiger partial charge in [-0.1, -0.05) is 0 Å². The summed E-state index contributed by atoms with van der Waals surface area (Å²) in [4.78, 5) is 0. The van der Waals surface area contributed by atoms with Crippen molar-refractivity contribution in [1.29, 1.82) is 0 Å². The molecule has 0 N–H and O–H groups in total. The van der Waals surface area contributed by atoms with Crippen LogP contribution in [0, 0.1) is 0 Å². The molecule has 0 nitrogen and oxygen atoms in total. The Hall–Kier alpha value is -3.10. The van der Waals surface area contributed by atoms with Gasteiger partial charge in [0.25, 0.3) is 0 Å². The fourth-order valence-electron chi connectivity index (χ4n) is 6.47. The molecule has 1 heteroatoms. The van der Waals surface area contributed by atoms with Crippen LogP contribution in [-0.2, 0) is 0 Å². The van der Waals surface area contributed by atoms with Crippen molar-refractivity contribution in [2.45, 2.75) is 34.9 Å². The van der Waals surface area contributed by atoms with E-state index in [4.69, 9.17) is 0 Å². The summed E-state index contributed by atoms with van der Waals surface area (Å²) in [6, 6.07) is 31.0. The monoisotopic (exact) mass is 514 g/mol. The standard InChI is InChI=1S/C34H32Ge/c1-23-19-27(31-17-9-13-25-11-5-7-15-29(25)31)21-33(23)35(3,4)34-22-28(20-24(34)2)32-18-10-14-26-12-6-8-16-30(26)32/h5-22,33-34H,1-4H3. The van der Waals surface area contributed by atoms with Gasteiger partial charge in [-0.05, 0) is 0 Å². The molecule has 35 heavy (non-hydrogen) atoms. The van der Waals surface area contributed by atoms with Crippen molar-refractivity contribution in [3.63, 3.8) is 0 Å². The van der Waals surface area contributed by atoms with Gasteiger partial charge in [-0.2, -0.15) is 0 Å². The van der Waals surface area contributed by atoms with Gasteiger partial charge in [0.05, 0.1) is 0 Å². The van der Waals surface area contributed by atoms with E-state index in [1.165, 1.54) is 55.0 Å². The molecule has 0 radical (unpaired) electrons. The summed E-state index contributed by atoms with van der Waals surface area (Å²) in [5.41, 5.74) is 8.62. The quantitative estimate of drug-likeness (QED) is 0.238. The molecule has 2 aliphatic rings. The summed E-state index contributed by atoms with van der Waals surface area (Å²) in [5.74, 6) is 5.27. The second kappa shape index (κ2) is 8.53. The normalized spacial score (nSPS) is 20.1. The maximum atomic E-state index is 2.63. The average Bonchev–Trinajstić information content (AvgIpc) is 3.47. The van der Waals surface area contributed by atoms with Gasteiger partial charge in [-0.25, -0.2) is 0 Å². The van der Waals surface area contributed by atoms with Crippen LogP contribution in [-0.4, -0.2) is 13.3 Å². The van der Waals surface area contributed by atoms with E-state index in [9.17, 15) is 0 Å². The Bertz CT molecular complexity index is 1460. The molecule has 0 fully saturated rings. The number of hydrogen-bond acceptors (Lipinski definition) is 0. The number of benzene rings is 4. The fraction of sp³-hybridized carbons (Fsp3) is 0.176. The minimum atomic E-state index is -2.37. The average molecular weight is 513 g/mol. The molecule has 0 saturated carbocycles. The van der Waals surface area contributed by atoms with Crippen LogP contribution in [0.2, 0.25) is 21.0 Å². The second-order valence-corrected chi connectivity index (χ2v) is 21.1. The van der Waals surface area contributed by atoms with Crippen LogP contribution in [0.3, 0.4) is 0 Å². The van der Waals surface area contributed by atoms with Crippen molar-refractivity contribution in [2.24, 2.45) is 0 Å². The second-order valence-electron chi connectivity index (χ2n) is 10.9. The van der Waals surface area contributed by atoms with Crippen LogP contribution in [0.5, 0.6) is 0 Å². The van der Waals surface area contributed by atoms with E-state index in [-0.39, 0.29) is 0 Å². The number of allylic oxidation sites excluding steroid dienone is 8. The Morgan fingerprint density at radius 3 is 1.37 bits per heavy atom. The van der Waals surface area contributed by atoms with Crippen LogP contribution >= 0.6 is 0 Å². The van der Waals surface area contributed by atoms with Crippen molar-refractivity contribution in [3.8, 4) is 0 Å². The van der Waals surface area contributed by atoms with E-state index in [0.717, 1.165) is 0 Å². The van der Waals surface area contributed by atoms with Crippen LogP contribution in [0.15, 0.2) is 120 Å². The molecule has 2 atom stereocenters. The molecule has 0 aliphatic heterocycles. The third-order valence-electron chi connectivity index (χ3n) is 8.24. The van der Waals surface area contributed by atoms with Gasteiger partial charge in [-0.3, -0.25) is 0 Å². The van der Waals surface area contributed by atoms with Gasteiger partial charge in [0.15, 0.2) is 0 Å². The first-order valence-electron chi connectivity index (χ1n) is 12.7. The third kappa shape index (κ3) is 3.76. The predicted molar refractivity (Wildman–Crippen MR) is 156 cm³/mol. The topological polar surface area (TPSA) is 0 Å². The minimum absolute atomic E-state index is 0.584. The molecular formula is C34H32Ge. The van der Waals surface area contributed by atoms with E-state index in [1.54, 1.807) is 0 Å². The summed E-state index contributed by atoms with van der Waals surface area (Å²) in [6.07, 6.45) is 10.1. The van der Waals surface area contributed by atoms with Gasteiger partial charge >= 0.3 is 212 Å². The first-order valence-corrected chi connectivity index (χ1v) is 19.3. The van der Waals surface area contributed by atoms with E-state index < -0.39 is 13.3 Å². The van der Waals surface area contributed by atoms with Gasteiger partial charge in [0.1, 0.15) is 0 Å². The van der Waals surface area contributed by atoms with Crippen LogP contribution in [0.4, 0.5) is 0 Å². The predicted octanol–water partition coefficient (Wildman–Crippen LogP) is 9.83. The molecule has 0 bridgehead atoms. The molecule has 2 unspecified atom stereocenters. The Kier molecular flexibility index (Phi) is 5.45. The number of hydrogen-bond donors (Lipinski definition) is 0. The molecule has 0 aromatic heterocycles. The summed E-state index contributed by atoms with van der Waals surface area (Å²) >= 11 is -2.37. The van der Waals surface area contributed by atoms with Crippen LogP contribution in [0.25, 0.3) is 32.7 Å². The van der Waals surface area contributed by atoms with Crippen molar-refractivity contribution >= 4 is 46.0 Å². The molecule has 2 aliphatic carbocycles. The van der Waals surface area contributed by atoms with E-state index >= 15 is 0 Å². The van der Waals surface area contributed by atoms with Crippen molar-refractivity contribution in [2.75, 3.05) is 0 Å². The third-order valence-corrected chi connectivity index (χ3v) is 17.6. The Balaban J connectivity index is 1.38. The molecule has 4 aromatic rings. The van der Waals surface area contributed by atoms with Gasteiger partial charge < -0.3 is 0 Å². The summed E-state index contributed by atoms with van der Waals surface area (Å²) in [6.45, 7) is 4.71. The zero-order valence-electron chi connectivity index (χ0n) is 21.0. The number of rotatable bonds is 4. The molecule has 6 rings (SSSR count). The van der Waals surface area contributed by atoms with Crippen molar-refractivity contribution in [1.82, 2.24) is 0 Å². The SMILES string of the molecule is CC1=CC(c2cccc3ccccc23)=C[CH]1[Ge]([CH3])([CH3])[CH]1C=C(c2cccc3ccccc23)C=C1C. The molecule has 0 spiro atoms. The Labute approximate surface area is 211 Å². The first kappa shape index (κ1) is 22.4. The van der Waals surface area contributed by atoms with Gasteiger partial charge in [0, 0.05) is 0 Å². The van der Waals surface area contributed by atoms with Crippen LogP contribution in [0.1, 0.15) is 25.0 Å². The first-order chi connectivity index (χ1) is 16.9. The van der Waals surface area contributed by atoms with Crippen LogP contribution < -0.4 is 0 Å².